The summed E-state index contributed by atoms with van der Waals surface area (Å²) in [6.45, 7) is 6.35. The number of amides is 1. The summed E-state index contributed by atoms with van der Waals surface area (Å²) in [5.41, 5.74) is 3.77. The maximum absolute atomic E-state index is 12.4. The summed E-state index contributed by atoms with van der Waals surface area (Å²) in [4.78, 5) is 19.1. The molecule has 1 aliphatic rings. The summed E-state index contributed by atoms with van der Waals surface area (Å²) >= 11 is 0. The molecule has 1 fully saturated rings. The molecule has 0 bridgehead atoms. The van der Waals surface area contributed by atoms with E-state index in [-0.39, 0.29) is 12.5 Å². The van der Waals surface area contributed by atoms with E-state index in [9.17, 15) is 4.79 Å². The number of nitrogens with one attached hydrogen (secondary N) is 1. The zero-order chi connectivity index (χ0) is 20.1. The van der Waals surface area contributed by atoms with E-state index in [2.05, 4.69) is 15.2 Å². The number of morpholine rings is 1. The SMILES string of the molecule is Cc1cc(NC(=O)COc2ccc(CN3CCOCC3)cc2)c2ncccc2c1. The molecule has 0 saturated carbocycles. The molecule has 3 aromatic rings. The van der Waals surface area contributed by atoms with Crippen LogP contribution < -0.4 is 10.1 Å². The molecule has 1 aliphatic heterocycles. The number of hydrogen-bond donors (Lipinski definition) is 1. The first-order chi connectivity index (χ1) is 14.2. The quantitative estimate of drug-likeness (QED) is 0.698. The molecule has 4 rings (SSSR count). The number of carbonyl (C=O) groups excluding carboxylic acids is 1. The summed E-state index contributed by atoms with van der Waals surface area (Å²) in [6, 6.07) is 15.8. The van der Waals surface area contributed by atoms with Gasteiger partial charge in [-0.3, -0.25) is 14.7 Å². The van der Waals surface area contributed by atoms with Crippen LogP contribution in [-0.2, 0) is 16.1 Å². The summed E-state index contributed by atoms with van der Waals surface area (Å²) in [5.74, 6) is 0.470. The first-order valence-corrected chi connectivity index (χ1v) is 9.84. The highest BCUT2D eigenvalue weighted by atomic mass is 16.5. The number of ether oxygens (including phenoxy) is 2. The van der Waals surface area contributed by atoms with E-state index in [0.717, 1.165) is 49.3 Å². The zero-order valence-corrected chi connectivity index (χ0v) is 16.6. The number of carbonyl (C=O) groups is 1. The van der Waals surface area contributed by atoms with Gasteiger partial charge in [0.1, 0.15) is 5.75 Å². The highest BCUT2D eigenvalue weighted by Gasteiger charge is 2.11. The third-order valence-electron chi connectivity index (χ3n) is 4.93. The normalized spacial score (nSPS) is 14.7. The molecular formula is C23H25N3O3. The molecule has 2 aromatic carbocycles. The second-order valence-electron chi connectivity index (χ2n) is 7.26. The van der Waals surface area contributed by atoms with Crippen molar-refractivity contribution in [3.63, 3.8) is 0 Å². The second kappa shape index (κ2) is 9.03. The minimum atomic E-state index is -0.208. The maximum atomic E-state index is 12.4. The van der Waals surface area contributed by atoms with Crippen LogP contribution in [0.2, 0.25) is 0 Å². The molecular weight excluding hydrogens is 366 g/mol. The van der Waals surface area contributed by atoms with Gasteiger partial charge in [0.15, 0.2) is 6.61 Å². The van der Waals surface area contributed by atoms with Gasteiger partial charge in [0.25, 0.3) is 5.91 Å². The molecule has 1 aromatic heterocycles. The Hall–Kier alpha value is -2.96. The number of aryl methyl sites for hydroxylation is 1. The fraction of sp³-hybridized carbons (Fsp3) is 0.304. The molecule has 150 valence electrons. The van der Waals surface area contributed by atoms with E-state index in [1.54, 1.807) is 6.20 Å². The minimum Gasteiger partial charge on any atom is -0.484 e. The highest BCUT2D eigenvalue weighted by molar-refractivity contribution is 6.01. The van der Waals surface area contributed by atoms with E-state index in [1.807, 2.05) is 55.5 Å². The van der Waals surface area contributed by atoms with Crippen LogP contribution in [0.3, 0.4) is 0 Å². The van der Waals surface area contributed by atoms with Gasteiger partial charge >= 0.3 is 0 Å². The Morgan fingerprint density at radius 2 is 1.97 bits per heavy atom. The number of pyridine rings is 1. The van der Waals surface area contributed by atoms with Crippen molar-refractivity contribution in [2.24, 2.45) is 0 Å². The van der Waals surface area contributed by atoms with Gasteiger partial charge in [0.2, 0.25) is 0 Å². The van der Waals surface area contributed by atoms with Crippen LogP contribution in [0.5, 0.6) is 5.75 Å². The summed E-state index contributed by atoms with van der Waals surface area (Å²) < 4.78 is 11.0. The van der Waals surface area contributed by atoms with Crippen molar-refractivity contribution in [3.05, 3.63) is 65.9 Å². The van der Waals surface area contributed by atoms with Crippen molar-refractivity contribution in [1.29, 1.82) is 0 Å². The van der Waals surface area contributed by atoms with Gasteiger partial charge in [0, 0.05) is 31.2 Å². The molecule has 6 nitrogen and oxygen atoms in total. The summed E-state index contributed by atoms with van der Waals surface area (Å²) in [5, 5.41) is 3.92. The molecule has 1 amide bonds. The van der Waals surface area contributed by atoms with Crippen molar-refractivity contribution in [2.75, 3.05) is 38.2 Å². The molecule has 0 unspecified atom stereocenters. The fourth-order valence-electron chi connectivity index (χ4n) is 3.48. The average molecular weight is 391 g/mol. The Balaban J connectivity index is 1.33. The predicted octanol–water partition coefficient (Wildman–Crippen LogP) is 3.39. The van der Waals surface area contributed by atoms with Crippen LogP contribution in [-0.4, -0.2) is 48.7 Å². The molecule has 1 N–H and O–H groups in total. The Bertz CT molecular complexity index is 982. The highest BCUT2D eigenvalue weighted by Crippen LogP contribution is 2.23. The van der Waals surface area contributed by atoms with E-state index in [4.69, 9.17) is 9.47 Å². The summed E-state index contributed by atoms with van der Waals surface area (Å²) in [6.07, 6.45) is 1.72. The van der Waals surface area contributed by atoms with E-state index < -0.39 is 0 Å². The largest absolute Gasteiger partial charge is 0.484 e. The lowest BCUT2D eigenvalue weighted by molar-refractivity contribution is -0.118. The van der Waals surface area contributed by atoms with Crippen molar-refractivity contribution in [2.45, 2.75) is 13.5 Å². The fourth-order valence-corrected chi connectivity index (χ4v) is 3.48. The number of hydrogen-bond acceptors (Lipinski definition) is 5. The van der Waals surface area contributed by atoms with Crippen molar-refractivity contribution in [1.82, 2.24) is 9.88 Å². The molecule has 2 heterocycles. The van der Waals surface area contributed by atoms with Crippen LogP contribution in [0.25, 0.3) is 10.9 Å². The van der Waals surface area contributed by atoms with Crippen molar-refractivity contribution < 1.29 is 14.3 Å². The Morgan fingerprint density at radius 3 is 2.76 bits per heavy atom. The van der Waals surface area contributed by atoms with E-state index in [1.165, 1.54) is 5.56 Å². The number of benzene rings is 2. The lowest BCUT2D eigenvalue weighted by Gasteiger charge is -2.26. The molecule has 6 heteroatoms. The van der Waals surface area contributed by atoms with Gasteiger partial charge < -0.3 is 14.8 Å². The van der Waals surface area contributed by atoms with Crippen LogP contribution >= 0.6 is 0 Å². The van der Waals surface area contributed by atoms with Gasteiger partial charge in [-0.25, -0.2) is 0 Å². The lowest BCUT2D eigenvalue weighted by atomic mass is 10.1. The van der Waals surface area contributed by atoms with Gasteiger partial charge in [-0.1, -0.05) is 18.2 Å². The van der Waals surface area contributed by atoms with Crippen molar-refractivity contribution in [3.8, 4) is 5.75 Å². The number of rotatable bonds is 6. The van der Waals surface area contributed by atoms with Gasteiger partial charge in [-0.05, 0) is 48.4 Å². The first kappa shape index (κ1) is 19.4. The minimum absolute atomic E-state index is 0.0505. The third kappa shape index (κ3) is 5.10. The number of aromatic nitrogens is 1. The maximum Gasteiger partial charge on any atom is 0.262 e. The summed E-state index contributed by atoms with van der Waals surface area (Å²) in [7, 11) is 0. The lowest BCUT2D eigenvalue weighted by Crippen LogP contribution is -2.35. The zero-order valence-electron chi connectivity index (χ0n) is 16.6. The number of nitrogens with zero attached hydrogens (tertiary/aromatic N) is 2. The molecule has 0 aliphatic carbocycles. The topological polar surface area (TPSA) is 63.7 Å². The monoisotopic (exact) mass is 391 g/mol. The Kier molecular flexibility index (Phi) is 6.03. The molecule has 0 atom stereocenters. The molecule has 29 heavy (non-hydrogen) atoms. The molecule has 0 spiro atoms. The van der Waals surface area contributed by atoms with Crippen LogP contribution in [0.4, 0.5) is 5.69 Å². The average Bonchev–Trinajstić information content (AvgIpc) is 2.74. The standard InChI is InChI=1S/C23H25N3O3/c1-17-13-19-3-2-8-24-23(19)21(14-17)25-22(27)16-29-20-6-4-18(5-7-20)15-26-9-11-28-12-10-26/h2-8,13-14H,9-12,15-16H2,1H3,(H,25,27). The van der Waals surface area contributed by atoms with Gasteiger partial charge in [0.05, 0.1) is 24.4 Å². The van der Waals surface area contributed by atoms with Crippen LogP contribution in [0.1, 0.15) is 11.1 Å². The smallest absolute Gasteiger partial charge is 0.262 e. The number of fused-ring (bicyclic) bond motifs is 1. The Labute approximate surface area is 170 Å². The van der Waals surface area contributed by atoms with Gasteiger partial charge in [-0.2, -0.15) is 0 Å². The number of anilines is 1. The van der Waals surface area contributed by atoms with E-state index >= 15 is 0 Å². The predicted molar refractivity (Wildman–Crippen MR) is 113 cm³/mol. The molecule has 1 saturated heterocycles. The van der Waals surface area contributed by atoms with Crippen LogP contribution in [0, 0.1) is 6.92 Å². The molecule has 0 radical (unpaired) electrons. The van der Waals surface area contributed by atoms with Crippen LogP contribution in [0.15, 0.2) is 54.7 Å². The van der Waals surface area contributed by atoms with E-state index in [0.29, 0.717) is 11.4 Å². The third-order valence-corrected chi connectivity index (χ3v) is 4.93. The first-order valence-electron chi connectivity index (χ1n) is 9.84. The Morgan fingerprint density at radius 1 is 1.17 bits per heavy atom. The van der Waals surface area contributed by atoms with Gasteiger partial charge in [-0.15, -0.1) is 0 Å². The second-order valence-corrected chi connectivity index (χ2v) is 7.26. The van der Waals surface area contributed by atoms with Crippen molar-refractivity contribution >= 4 is 22.5 Å².